The number of unbranched alkanes of at least 4 members (excludes halogenated alkanes) is 1. The van der Waals surface area contributed by atoms with Crippen LogP contribution in [-0.4, -0.2) is 24.7 Å². The van der Waals surface area contributed by atoms with Gasteiger partial charge in [0, 0.05) is 0 Å². The molecule has 0 nitrogen and oxygen atoms in total. The summed E-state index contributed by atoms with van der Waals surface area (Å²) in [5.74, 6) is 0. The summed E-state index contributed by atoms with van der Waals surface area (Å²) in [5.41, 5.74) is 0. The van der Waals surface area contributed by atoms with Gasteiger partial charge >= 0.3 is 48.6 Å². The Labute approximate surface area is 48.8 Å². The first-order valence-electron chi connectivity index (χ1n) is 2.02. The molecule has 0 unspecified atom stereocenters. The van der Waals surface area contributed by atoms with Gasteiger partial charge in [0.2, 0.25) is 0 Å². The molecule has 0 rings (SSSR count). The van der Waals surface area contributed by atoms with Gasteiger partial charge in [0.25, 0.3) is 0 Å². The summed E-state index contributed by atoms with van der Waals surface area (Å²) in [5, 5.41) is 0. The summed E-state index contributed by atoms with van der Waals surface area (Å²) in [7, 11) is 0. The fraction of sp³-hybridized carbons (Fsp3) is 1.00. The van der Waals surface area contributed by atoms with Crippen molar-refractivity contribution < 1.29 is 0 Å². The van der Waals surface area contributed by atoms with Crippen LogP contribution in [0.4, 0.5) is 0 Å². The third kappa shape index (κ3) is 4.88. The second-order valence-electron chi connectivity index (χ2n) is 1.08. The molecule has 0 saturated carbocycles. The number of hydrogen-bond acceptors (Lipinski definition) is 0. The van der Waals surface area contributed by atoms with Gasteiger partial charge in [0.05, 0.1) is 0 Å². The molecule has 0 N–H and O–H groups in total. The Hall–Kier alpha value is 0.883. The zero-order chi connectivity index (χ0) is 4.12. The van der Waals surface area contributed by atoms with Gasteiger partial charge in [0.15, 0.2) is 0 Å². The van der Waals surface area contributed by atoms with E-state index in [9.17, 15) is 0 Å². The first-order valence-corrected chi connectivity index (χ1v) is 4.48. The standard InChI is InChI=1S/C4H9.Bi/c1-3-4-2;/h1,3-4H2,2H3;/q;+2. The first-order chi connectivity index (χ1) is 2.41. The van der Waals surface area contributed by atoms with Gasteiger partial charge in [0.1, 0.15) is 0 Å². The third-order valence-electron chi connectivity index (χ3n) is 0.512. The minimum absolute atomic E-state index is 1.37. The summed E-state index contributed by atoms with van der Waals surface area (Å²) in [6.07, 6.45) is 2.81. The predicted molar refractivity (Wildman–Crippen MR) is 25.5 cm³/mol. The Bertz CT molecular complexity index is 11.1. The van der Waals surface area contributed by atoms with Gasteiger partial charge in [-0.1, -0.05) is 0 Å². The van der Waals surface area contributed by atoms with Gasteiger partial charge in [-0.3, -0.25) is 0 Å². The van der Waals surface area contributed by atoms with Gasteiger partial charge in [-0.2, -0.15) is 0 Å². The Balaban J connectivity index is 2.19. The van der Waals surface area contributed by atoms with Gasteiger partial charge in [-0.05, 0) is 0 Å². The van der Waals surface area contributed by atoms with Crippen LogP contribution in [0.15, 0.2) is 0 Å². The van der Waals surface area contributed by atoms with E-state index in [1.807, 2.05) is 0 Å². The van der Waals surface area contributed by atoms with E-state index < -0.39 is 0 Å². The summed E-state index contributed by atoms with van der Waals surface area (Å²) in [6.45, 7) is 2.23. The second kappa shape index (κ2) is 4.88. The zero-order valence-corrected chi connectivity index (χ0v) is 7.05. The van der Waals surface area contributed by atoms with Crippen molar-refractivity contribution in [2.24, 2.45) is 0 Å². The van der Waals surface area contributed by atoms with E-state index in [0.717, 1.165) is 0 Å². The molecule has 0 aliphatic heterocycles. The molecule has 0 aromatic heterocycles. The Morgan fingerprint density at radius 1 is 1.60 bits per heavy atom. The van der Waals surface area contributed by atoms with Crippen molar-refractivity contribution in [3.8, 4) is 0 Å². The van der Waals surface area contributed by atoms with E-state index in [0.29, 0.717) is 0 Å². The molecule has 0 aliphatic rings. The summed E-state index contributed by atoms with van der Waals surface area (Å²) in [6, 6.07) is 0. The van der Waals surface area contributed by atoms with Crippen molar-refractivity contribution in [1.29, 1.82) is 0 Å². The Morgan fingerprint density at radius 2 is 2.20 bits per heavy atom. The molecule has 0 amide bonds. The monoisotopic (exact) mass is 266 g/mol. The summed E-state index contributed by atoms with van der Waals surface area (Å²) >= 11 is 1.56. The average molecular weight is 266 g/mol. The molecule has 28 valence electrons. The number of hydrogen-bond donors (Lipinski definition) is 0. The Morgan fingerprint density at radius 3 is 2.20 bits per heavy atom. The molecular formula is C4H9Bi+2. The second-order valence-corrected chi connectivity index (χ2v) is 2.82. The van der Waals surface area contributed by atoms with E-state index >= 15 is 0 Å². The van der Waals surface area contributed by atoms with Crippen LogP contribution in [0, 0.1) is 0 Å². The first kappa shape index (κ1) is 5.88. The fourth-order valence-electron chi connectivity index (χ4n) is 0.158. The SMILES string of the molecule is CCC[CH2][Bi+2]. The van der Waals surface area contributed by atoms with Crippen LogP contribution in [0.25, 0.3) is 0 Å². The molecule has 0 spiro atoms. The molecule has 0 saturated heterocycles. The molecule has 2 radical (unpaired) electrons. The van der Waals surface area contributed by atoms with Crippen molar-refractivity contribution in [2.45, 2.75) is 23.9 Å². The molecule has 0 heterocycles. The van der Waals surface area contributed by atoms with Crippen LogP contribution in [0.3, 0.4) is 0 Å². The normalized spacial score (nSPS) is 8.20. The minimum atomic E-state index is 1.37. The van der Waals surface area contributed by atoms with Crippen LogP contribution in [0.2, 0.25) is 4.13 Å². The van der Waals surface area contributed by atoms with E-state index in [-0.39, 0.29) is 0 Å². The molecule has 1 heteroatoms. The fourth-order valence-corrected chi connectivity index (χ4v) is 1.39. The summed E-state index contributed by atoms with van der Waals surface area (Å²) < 4.78 is 1.45. The molecule has 0 aromatic carbocycles. The van der Waals surface area contributed by atoms with Crippen molar-refractivity contribution in [1.82, 2.24) is 0 Å². The quantitative estimate of drug-likeness (QED) is 0.662. The molecule has 0 bridgehead atoms. The van der Waals surface area contributed by atoms with E-state index in [1.165, 1.54) is 17.0 Å². The van der Waals surface area contributed by atoms with Crippen LogP contribution < -0.4 is 0 Å². The van der Waals surface area contributed by atoms with Crippen LogP contribution >= 0.6 is 0 Å². The molecule has 0 aromatic rings. The van der Waals surface area contributed by atoms with E-state index in [4.69, 9.17) is 0 Å². The molecule has 0 fully saturated rings. The van der Waals surface area contributed by atoms with E-state index in [2.05, 4.69) is 6.92 Å². The molecule has 0 atom stereocenters. The van der Waals surface area contributed by atoms with Crippen LogP contribution in [0.5, 0.6) is 0 Å². The van der Waals surface area contributed by atoms with E-state index in [1.54, 1.807) is 24.7 Å². The van der Waals surface area contributed by atoms with Gasteiger partial charge < -0.3 is 0 Å². The van der Waals surface area contributed by atoms with Crippen molar-refractivity contribution >= 4 is 24.7 Å². The van der Waals surface area contributed by atoms with Crippen LogP contribution in [-0.2, 0) is 0 Å². The topological polar surface area (TPSA) is 0 Å². The molecular weight excluding hydrogens is 257 g/mol. The third-order valence-corrected chi connectivity index (χ3v) is 1.74. The van der Waals surface area contributed by atoms with Crippen molar-refractivity contribution in [3.63, 3.8) is 0 Å². The molecule has 0 aliphatic carbocycles. The van der Waals surface area contributed by atoms with Crippen LogP contribution in [0.1, 0.15) is 19.8 Å². The number of rotatable bonds is 2. The maximum atomic E-state index is 2.23. The zero-order valence-electron chi connectivity index (χ0n) is 3.57. The van der Waals surface area contributed by atoms with Crippen molar-refractivity contribution in [2.75, 3.05) is 0 Å². The van der Waals surface area contributed by atoms with Crippen molar-refractivity contribution in [3.05, 3.63) is 0 Å². The Kier molecular flexibility index (Phi) is 5.75. The maximum absolute atomic E-state index is 2.23. The average Bonchev–Trinajstić information content (AvgIpc) is 1.41. The summed E-state index contributed by atoms with van der Waals surface area (Å²) in [4.78, 5) is 0. The van der Waals surface area contributed by atoms with Gasteiger partial charge in [-0.25, -0.2) is 0 Å². The predicted octanol–water partition coefficient (Wildman–Crippen LogP) is 1.37. The van der Waals surface area contributed by atoms with Gasteiger partial charge in [-0.15, -0.1) is 0 Å². The molecule has 5 heavy (non-hydrogen) atoms.